The van der Waals surface area contributed by atoms with Gasteiger partial charge in [0.1, 0.15) is 5.75 Å². The highest BCUT2D eigenvalue weighted by atomic mass is 35.5. The molecule has 1 aromatic rings. The standard InChI is InChI=1S/C11H14F3NO.ClH/c1-7-2-3-10(16)8(6-7)9(15)4-5-11(12,13)14;/h2-3,6,9,16H,4-5,15H2,1H3;1H/t9-;/m1./s1. The van der Waals surface area contributed by atoms with Crippen molar-refractivity contribution in [1.29, 1.82) is 0 Å². The predicted molar refractivity (Wildman–Crippen MR) is 62.3 cm³/mol. The number of hydrogen-bond acceptors (Lipinski definition) is 2. The van der Waals surface area contributed by atoms with Crippen LogP contribution in [0.2, 0.25) is 0 Å². The van der Waals surface area contributed by atoms with E-state index in [0.717, 1.165) is 5.56 Å². The van der Waals surface area contributed by atoms with Crippen LogP contribution in [0.5, 0.6) is 5.75 Å². The average Bonchev–Trinajstić information content (AvgIpc) is 2.17. The first-order chi connectivity index (χ1) is 7.29. The molecule has 17 heavy (non-hydrogen) atoms. The molecule has 0 radical (unpaired) electrons. The summed E-state index contributed by atoms with van der Waals surface area (Å²) in [5.41, 5.74) is 6.83. The van der Waals surface area contributed by atoms with Crippen molar-refractivity contribution < 1.29 is 18.3 Å². The zero-order valence-corrected chi connectivity index (χ0v) is 10.1. The van der Waals surface area contributed by atoms with Crippen molar-refractivity contribution in [3.05, 3.63) is 29.3 Å². The van der Waals surface area contributed by atoms with E-state index in [9.17, 15) is 18.3 Å². The van der Waals surface area contributed by atoms with E-state index >= 15 is 0 Å². The summed E-state index contributed by atoms with van der Waals surface area (Å²) in [6.45, 7) is 1.79. The van der Waals surface area contributed by atoms with Crippen molar-refractivity contribution in [3.63, 3.8) is 0 Å². The van der Waals surface area contributed by atoms with Gasteiger partial charge in [-0.1, -0.05) is 17.7 Å². The number of aryl methyl sites for hydroxylation is 1. The highest BCUT2D eigenvalue weighted by Crippen LogP contribution is 2.30. The molecule has 0 aliphatic rings. The minimum atomic E-state index is -4.21. The highest BCUT2D eigenvalue weighted by molar-refractivity contribution is 5.85. The monoisotopic (exact) mass is 269 g/mol. The zero-order chi connectivity index (χ0) is 12.3. The molecule has 0 spiro atoms. The molecule has 1 atom stereocenters. The Labute approximate surface area is 104 Å². The molecule has 1 aromatic carbocycles. The Morgan fingerprint density at radius 2 is 1.94 bits per heavy atom. The third-order valence-electron chi connectivity index (χ3n) is 2.32. The SMILES string of the molecule is Cc1ccc(O)c([C@H](N)CCC(F)(F)F)c1.Cl. The molecule has 6 heteroatoms. The molecule has 0 unspecified atom stereocenters. The summed E-state index contributed by atoms with van der Waals surface area (Å²) in [6, 6.07) is 3.94. The summed E-state index contributed by atoms with van der Waals surface area (Å²) in [6.07, 6.45) is -5.38. The lowest BCUT2D eigenvalue weighted by Gasteiger charge is -2.15. The van der Waals surface area contributed by atoms with Gasteiger partial charge in [0.05, 0.1) is 0 Å². The maximum Gasteiger partial charge on any atom is 0.389 e. The van der Waals surface area contributed by atoms with E-state index < -0.39 is 18.6 Å². The van der Waals surface area contributed by atoms with Gasteiger partial charge in [-0.25, -0.2) is 0 Å². The van der Waals surface area contributed by atoms with Crippen molar-refractivity contribution in [2.75, 3.05) is 0 Å². The molecule has 1 rings (SSSR count). The van der Waals surface area contributed by atoms with E-state index in [1.165, 1.54) is 6.07 Å². The second-order valence-electron chi connectivity index (χ2n) is 3.82. The minimum absolute atomic E-state index is 0. The summed E-state index contributed by atoms with van der Waals surface area (Å²) in [5.74, 6) is -0.0553. The zero-order valence-electron chi connectivity index (χ0n) is 9.29. The summed E-state index contributed by atoms with van der Waals surface area (Å²) in [5, 5.41) is 9.47. The summed E-state index contributed by atoms with van der Waals surface area (Å²) >= 11 is 0. The second kappa shape index (κ2) is 6.12. The van der Waals surface area contributed by atoms with Gasteiger partial charge in [-0.2, -0.15) is 13.2 Å². The van der Waals surface area contributed by atoms with Crippen LogP contribution >= 0.6 is 12.4 Å². The summed E-state index contributed by atoms with van der Waals surface area (Å²) in [7, 11) is 0. The number of hydrogen-bond donors (Lipinski definition) is 2. The van der Waals surface area contributed by atoms with Gasteiger partial charge in [-0.05, 0) is 19.4 Å². The van der Waals surface area contributed by atoms with Gasteiger partial charge in [-0.15, -0.1) is 12.4 Å². The Kier molecular flexibility index (Phi) is 5.78. The van der Waals surface area contributed by atoms with Gasteiger partial charge < -0.3 is 10.8 Å². The summed E-state index contributed by atoms with van der Waals surface area (Å²) < 4.78 is 36.0. The molecule has 0 aromatic heterocycles. The smallest absolute Gasteiger partial charge is 0.389 e. The van der Waals surface area contributed by atoms with Gasteiger partial charge >= 0.3 is 6.18 Å². The lowest BCUT2D eigenvalue weighted by atomic mass is 10.00. The third kappa shape index (κ3) is 5.28. The third-order valence-corrected chi connectivity index (χ3v) is 2.32. The highest BCUT2D eigenvalue weighted by Gasteiger charge is 2.28. The fourth-order valence-electron chi connectivity index (χ4n) is 1.45. The normalized spacial score (nSPS) is 13.0. The van der Waals surface area contributed by atoms with Gasteiger partial charge in [0.15, 0.2) is 0 Å². The van der Waals surface area contributed by atoms with E-state index in [2.05, 4.69) is 0 Å². The van der Waals surface area contributed by atoms with Crippen LogP contribution < -0.4 is 5.73 Å². The first-order valence-corrected chi connectivity index (χ1v) is 4.91. The Balaban J connectivity index is 0.00000256. The van der Waals surface area contributed by atoms with Crippen LogP contribution in [-0.4, -0.2) is 11.3 Å². The summed E-state index contributed by atoms with van der Waals surface area (Å²) in [4.78, 5) is 0. The van der Waals surface area contributed by atoms with Crippen molar-refractivity contribution in [3.8, 4) is 5.75 Å². The second-order valence-corrected chi connectivity index (χ2v) is 3.82. The van der Waals surface area contributed by atoms with Crippen LogP contribution in [0.1, 0.15) is 30.0 Å². The molecular weight excluding hydrogens is 255 g/mol. The molecular formula is C11H15ClF3NO. The molecule has 0 bridgehead atoms. The molecule has 3 N–H and O–H groups in total. The molecule has 0 aliphatic heterocycles. The maximum atomic E-state index is 12.0. The van der Waals surface area contributed by atoms with Crippen molar-refractivity contribution in [1.82, 2.24) is 0 Å². The molecule has 0 heterocycles. The Hall–Kier alpha value is -0.940. The van der Waals surface area contributed by atoms with E-state index in [1.807, 2.05) is 0 Å². The molecule has 98 valence electrons. The van der Waals surface area contributed by atoms with Crippen LogP contribution in [0.3, 0.4) is 0 Å². The van der Waals surface area contributed by atoms with Gasteiger partial charge in [0.25, 0.3) is 0 Å². The Morgan fingerprint density at radius 1 is 1.35 bits per heavy atom. The molecule has 0 fully saturated rings. The van der Waals surface area contributed by atoms with Crippen molar-refractivity contribution in [2.45, 2.75) is 32.0 Å². The Bertz CT molecular complexity index is 368. The van der Waals surface area contributed by atoms with E-state index in [-0.39, 0.29) is 24.6 Å². The van der Waals surface area contributed by atoms with E-state index in [1.54, 1.807) is 19.1 Å². The van der Waals surface area contributed by atoms with Crippen molar-refractivity contribution >= 4 is 12.4 Å². The van der Waals surface area contributed by atoms with Gasteiger partial charge in [0.2, 0.25) is 0 Å². The van der Waals surface area contributed by atoms with Gasteiger partial charge in [0, 0.05) is 18.0 Å². The molecule has 0 aliphatic carbocycles. The predicted octanol–water partition coefficient (Wildman–Crippen LogP) is 3.46. The Morgan fingerprint density at radius 3 is 2.47 bits per heavy atom. The molecule has 0 saturated heterocycles. The first kappa shape index (κ1) is 16.1. The van der Waals surface area contributed by atoms with Crippen LogP contribution in [0, 0.1) is 6.92 Å². The number of halogens is 4. The number of phenolic OH excluding ortho intramolecular Hbond substituents is 1. The van der Waals surface area contributed by atoms with Crippen LogP contribution in [0.4, 0.5) is 13.2 Å². The number of nitrogens with two attached hydrogens (primary N) is 1. The van der Waals surface area contributed by atoms with Crippen LogP contribution in [0.15, 0.2) is 18.2 Å². The van der Waals surface area contributed by atoms with Crippen LogP contribution in [-0.2, 0) is 0 Å². The maximum absolute atomic E-state index is 12.0. The minimum Gasteiger partial charge on any atom is -0.508 e. The number of rotatable bonds is 3. The number of alkyl halides is 3. The molecule has 0 saturated carbocycles. The fourth-order valence-corrected chi connectivity index (χ4v) is 1.45. The topological polar surface area (TPSA) is 46.2 Å². The van der Waals surface area contributed by atoms with Crippen LogP contribution in [0.25, 0.3) is 0 Å². The first-order valence-electron chi connectivity index (χ1n) is 4.91. The largest absolute Gasteiger partial charge is 0.508 e. The number of phenols is 1. The van der Waals surface area contributed by atoms with E-state index in [0.29, 0.717) is 5.56 Å². The fraction of sp³-hybridized carbons (Fsp3) is 0.455. The number of benzene rings is 1. The molecule has 2 nitrogen and oxygen atoms in total. The van der Waals surface area contributed by atoms with Crippen molar-refractivity contribution in [2.24, 2.45) is 5.73 Å². The quantitative estimate of drug-likeness (QED) is 0.883. The number of aromatic hydroxyl groups is 1. The average molecular weight is 270 g/mol. The van der Waals surface area contributed by atoms with E-state index in [4.69, 9.17) is 5.73 Å². The lowest BCUT2D eigenvalue weighted by Crippen LogP contribution is -2.16. The molecule has 0 amide bonds. The van der Waals surface area contributed by atoms with Gasteiger partial charge in [-0.3, -0.25) is 0 Å². The lowest BCUT2D eigenvalue weighted by molar-refractivity contribution is -0.136.